The molecule has 0 radical (unpaired) electrons. The highest BCUT2D eigenvalue weighted by Gasteiger charge is 2.16. The van der Waals surface area contributed by atoms with Crippen LogP contribution in [-0.2, 0) is 0 Å². The van der Waals surface area contributed by atoms with Crippen molar-refractivity contribution in [3.8, 4) is 0 Å². The number of halogens is 1. The van der Waals surface area contributed by atoms with Crippen molar-refractivity contribution in [3.63, 3.8) is 0 Å². The summed E-state index contributed by atoms with van der Waals surface area (Å²) in [6.07, 6.45) is 0. The summed E-state index contributed by atoms with van der Waals surface area (Å²) in [4.78, 5) is 23.1. The number of aromatic nitrogens is 2. The summed E-state index contributed by atoms with van der Waals surface area (Å²) in [5.74, 6) is -0.866. The summed E-state index contributed by atoms with van der Waals surface area (Å²) >= 11 is 5.66. The van der Waals surface area contributed by atoms with Crippen molar-refractivity contribution in [1.29, 1.82) is 0 Å². The number of carbonyl (C=O) groups is 1. The van der Waals surface area contributed by atoms with E-state index in [0.29, 0.717) is 0 Å². The Kier molecular flexibility index (Phi) is 4.27. The van der Waals surface area contributed by atoms with Gasteiger partial charge in [-0.05, 0) is 13.8 Å². The molecule has 0 bridgehead atoms. The van der Waals surface area contributed by atoms with Crippen LogP contribution in [0.15, 0.2) is 4.99 Å². The zero-order chi connectivity index (χ0) is 13.9. The van der Waals surface area contributed by atoms with Gasteiger partial charge in [-0.25, -0.2) is 9.97 Å². The Morgan fingerprint density at radius 2 is 1.94 bits per heavy atom. The molecule has 8 nitrogen and oxygen atoms in total. The Labute approximate surface area is 109 Å². The van der Waals surface area contributed by atoms with Crippen LogP contribution in [0.2, 0.25) is 5.15 Å². The molecule has 0 aliphatic heterocycles. The Morgan fingerprint density at radius 1 is 1.33 bits per heavy atom. The summed E-state index contributed by atoms with van der Waals surface area (Å²) in [6.45, 7) is 3.63. The average Bonchev–Trinajstić information content (AvgIpc) is 2.21. The third-order valence-electron chi connectivity index (χ3n) is 1.76. The van der Waals surface area contributed by atoms with Crippen molar-refractivity contribution in [2.45, 2.75) is 19.9 Å². The number of nitrogens with one attached hydrogen (secondary N) is 1. The maximum absolute atomic E-state index is 11.8. The molecule has 0 fully saturated rings. The van der Waals surface area contributed by atoms with Gasteiger partial charge in [0.05, 0.1) is 0 Å². The molecule has 0 aromatic carbocycles. The molecule has 0 unspecified atom stereocenters. The van der Waals surface area contributed by atoms with E-state index in [2.05, 4.69) is 20.3 Å². The van der Waals surface area contributed by atoms with Crippen LogP contribution in [0.5, 0.6) is 0 Å². The first-order valence-electron chi connectivity index (χ1n) is 5.04. The van der Waals surface area contributed by atoms with Crippen LogP contribution >= 0.6 is 11.6 Å². The van der Waals surface area contributed by atoms with Crippen LogP contribution in [0.3, 0.4) is 0 Å². The molecule has 0 spiro atoms. The number of aliphatic imine (C=N–C) groups is 1. The van der Waals surface area contributed by atoms with E-state index in [1.54, 1.807) is 0 Å². The van der Waals surface area contributed by atoms with E-state index < -0.39 is 5.91 Å². The number of carbonyl (C=O) groups excluding carboxylic acids is 1. The zero-order valence-electron chi connectivity index (χ0n) is 9.94. The second-order valence-corrected chi connectivity index (χ2v) is 4.05. The molecular weight excluding hydrogens is 258 g/mol. The number of rotatable bonds is 2. The number of hydrogen-bond acceptors (Lipinski definition) is 6. The predicted octanol–water partition coefficient (Wildman–Crippen LogP) is -0.253. The number of nitrogens with zero attached hydrogens (tertiary/aromatic N) is 3. The molecular formula is C9H14ClN7O. The summed E-state index contributed by atoms with van der Waals surface area (Å²) in [5, 5.41) is 2.22. The Morgan fingerprint density at radius 3 is 2.50 bits per heavy atom. The summed E-state index contributed by atoms with van der Waals surface area (Å²) < 4.78 is 0. The average molecular weight is 272 g/mol. The highest BCUT2D eigenvalue weighted by Crippen LogP contribution is 2.16. The van der Waals surface area contributed by atoms with Gasteiger partial charge in [0.1, 0.15) is 0 Å². The number of hydrogen-bond donors (Lipinski definition) is 4. The van der Waals surface area contributed by atoms with E-state index in [0.717, 1.165) is 0 Å². The molecule has 7 N–H and O–H groups in total. The molecule has 1 amide bonds. The number of anilines is 2. The van der Waals surface area contributed by atoms with Crippen LogP contribution in [0.4, 0.5) is 11.6 Å². The largest absolute Gasteiger partial charge is 0.382 e. The van der Waals surface area contributed by atoms with Crippen molar-refractivity contribution in [1.82, 2.24) is 15.3 Å². The first kappa shape index (κ1) is 14.0. The van der Waals surface area contributed by atoms with Crippen molar-refractivity contribution in [3.05, 3.63) is 10.8 Å². The molecule has 0 saturated carbocycles. The van der Waals surface area contributed by atoms with E-state index in [4.69, 9.17) is 28.8 Å². The Bertz CT molecular complexity index is 500. The minimum absolute atomic E-state index is 0.0378. The Hall–Kier alpha value is -2.09. The van der Waals surface area contributed by atoms with E-state index in [-0.39, 0.29) is 34.5 Å². The molecule has 1 rings (SSSR count). The van der Waals surface area contributed by atoms with Gasteiger partial charge in [0.15, 0.2) is 28.4 Å². The molecule has 18 heavy (non-hydrogen) atoms. The highest BCUT2D eigenvalue weighted by atomic mass is 35.5. The van der Waals surface area contributed by atoms with Crippen LogP contribution in [-0.4, -0.2) is 27.9 Å². The first-order chi connectivity index (χ1) is 8.31. The molecule has 9 heteroatoms. The van der Waals surface area contributed by atoms with Gasteiger partial charge in [-0.15, -0.1) is 0 Å². The Balaban J connectivity index is 2.95. The molecule has 98 valence electrons. The van der Waals surface area contributed by atoms with Gasteiger partial charge < -0.3 is 17.2 Å². The zero-order valence-corrected chi connectivity index (χ0v) is 10.7. The maximum Gasteiger partial charge on any atom is 0.280 e. The fourth-order valence-electron chi connectivity index (χ4n) is 1.09. The standard InChI is InChI=1S/C9H14ClN7O/c1-3(2)14-9(13)17-8(18)4-6(11)16-7(12)5(10)15-4/h3H,1-2H3,(H4,11,12,16)(H3,13,14,17,18). The normalized spacial score (nSPS) is 11.7. The topological polar surface area (TPSA) is 145 Å². The van der Waals surface area contributed by atoms with Crippen molar-refractivity contribution in [2.24, 2.45) is 10.7 Å². The number of nitrogen functional groups attached to an aromatic ring is 2. The van der Waals surface area contributed by atoms with Crippen molar-refractivity contribution in [2.75, 3.05) is 11.5 Å². The molecule has 0 aliphatic carbocycles. The predicted molar refractivity (Wildman–Crippen MR) is 70.1 cm³/mol. The third-order valence-corrected chi connectivity index (χ3v) is 2.04. The molecule has 0 aliphatic rings. The minimum Gasteiger partial charge on any atom is -0.382 e. The van der Waals surface area contributed by atoms with E-state index in [1.807, 2.05) is 13.8 Å². The van der Waals surface area contributed by atoms with E-state index in [1.165, 1.54) is 0 Å². The lowest BCUT2D eigenvalue weighted by Gasteiger charge is -2.07. The summed E-state index contributed by atoms with van der Waals surface area (Å²) in [5.41, 5.74) is 16.3. The SMILES string of the molecule is CC(C)N=C(N)NC(=O)c1nc(Cl)c(N)nc1N. The molecule has 1 aromatic heterocycles. The van der Waals surface area contributed by atoms with Gasteiger partial charge in [-0.2, -0.15) is 0 Å². The van der Waals surface area contributed by atoms with Crippen LogP contribution < -0.4 is 22.5 Å². The van der Waals surface area contributed by atoms with Crippen LogP contribution in [0, 0.1) is 0 Å². The number of guanidine groups is 1. The van der Waals surface area contributed by atoms with Crippen LogP contribution in [0.1, 0.15) is 24.3 Å². The number of amides is 1. The quantitative estimate of drug-likeness (QED) is 0.431. The number of nitrogens with two attached hydrogens (primary N) is 3. The molecule has 0 atom stereocenters. The smallest absolute Gasteiger partial charge is 0.280 e. The second kappa shape index (κ2) is 5.50. The van der Waals surface area contributed by atoms with Crippen LogP contribution in [0.25, 0.3) is 0 Å². The lowest BCUT2D eigenvalue weighted by Crippen LogP contribution is -2.38. The monoisotopic (exact) mass is 271 g/mol. The van der Waals surface area contributed by atoms with Crippen molar-refractivity contribution < 1.29 is 4.79 Å². The van der Waals surface area contributed by atoms with Gasteiger partial charge in [0, 0.05) is 6.04 Å². The summed E-state index contributed by atoms with van der Waals surface area (Å²) in [6, 6.07) is -0.0521. The van der Waals surface area contributed by atoms with Gasteiger partial charge in [-0.3, -0.25) is 15.1 Å². The highest BCUT2D eigenvalue weighted by molar-refractivity contribution is 6.31. The van der Waals surface area contributed by atoms with E-state index >= 15 is 0 Å². The summed E-state index contributed by atoms with van der Waals surface area (Å²) in [7, 11) is 0. The first-order valence-corrected chi connectivity index (χ1v) is 5.42. The minimum atomic E-state index is -0.649. The molecule has 0 saturated heterocycles. The second-order valence-electron chi connectivity index (χ2n) is 3.70. The lowest BCUT2D eigenvalue weighted by molar-refractivity contribution is 0.0972. The fourth-order valence-corrected chi connectivity index (χ4v) is 1.22. The third kappa shape index (κ3) is 3.45. The lowest BCUT2D eigenvalue weighted by atomic mass is 10.4. The van der Waals surface area contributed by atoms with Crippen molar-refractivity contribution >= 4 is 35.1 Å². The molecule has 1 heterocycles. The molecule has 1 aromatic rings. The maximum atomic E-state index is 11.8. The van der Waals surface area contributed by atoms with Gasteiger partial charge in [-0.1, -0.05) is 11.6 Å². The van der Waals surface area contributed by atoms with Gasteiger partial charge >= 0.3 is 0 Å². The van der Waals surface area contributed by atoms with Gasteiger partial charge in [0.25, 0.3) is 5.91 Å². The van der Waals surface area contributed by atoms with E-state index in [9.17, 15) is 4.79 Å². The fraction of sp³-hybridized carbons (Fsp3) is 0.333. The van der Waals surface area contributed by atoms with Gasteiger partial charge in [0.2, 0.25) is 0 Å².